The van der Waals surface area contributed by atoms with E-state index in [1.807, 2.05) is 92.3 Å². The van der Waals surface area contributed by atoms with E-state index in [4.69, 9.17) is 26.3 Å². The van der Waals surface area contributed by atoms with Crippen LogP contribution in [-0.2, 0) is 34.4 Å². The zero-order valence-corrected chi connectivity index (χ0v) is 54.5. The van der Waals surface area contributed by atoms with Crippen LogP contribution in [0.5, 0.6) is 11.5 Å². The quantitative estimate of drug-likeness (QED) is 0.162. The molecule has 0 bridgehead atoms. The van der Waals surface area contributed by atoms with E-state index in [1.165, 1.54) is 104 Å². The van der Waals surface area contributed by atoms with Crippen LogP contribution >= 0.6 is 45.6 Å². The summed E-state index contributed by atoms with van der Waals surface area (Å²) >= 11 is 11.1. The van der Waals surface area contributed by atoms with E-state index in [0.717, 1.165) is 54.8 Å². The maximum absolute atomic E-state index is 12.7. The molecule has 87 heavy (non-hydrogen) atoms. The Kier molecular flexibility index (Phi) is 20.8. The summed E-state index contributed by atoms with van der Waals surface area (Å²) in [5.74, 6) is 1.68. The van der Waals surface area contributed by atoms with Gasteiger partial charge in [-0.15, -0.1) is 34.0 Å². The zero-order chi connectivity index (χ0) is 63.0. The predicted octanol–water partition coefficient (Wildman–Crippen LogP) is 21.6. The van der Waals surface area contributed by atoms with Gasteiger partial charge in [0.25, 0.3) is 0 Å². The minimum atomic E-state index is -4.27. The van der Waals surface area contributed by atoms with Crippen molar-refractivity contribution in [1.29, 1.82) is 5.26 Å². The number of rotatable bonds is 2. The molecule has 0 saturated carbocycles. The van der Waals surface area contributed by atoms with E-state index in [1.54, 1.807) is 54.6 Å². The second kappa shape index (κ2) is 28.0. The lowest BCUT2D eigenvalue weighted by atomic mass is 10.1. The molecule has 14 aromatic rings. The minimum absolute atomic E-state index is 0.154. The number of nitriles is 1. The van der Waals surface area contributed by atoms with Gasteiger partial charge in [-0.25, -0.2) is 4.39 Å². The summed E-state index contributed by atoms with van der Waals surface area (Å²) in [6.45, 7) is 16.6. The molecule has 7 heterocycles. The molecule has 7 aromatic carbocycles. The molecule has 0 amide bonds. The van der Waals surface area contributed by atoms with Crippen molar-refractivity contribution in [2.45, 2.75) is 61.6 Å². The van der Waals surface area contributed by atoms with E-state index in [-0.39, 0.29) is 5.82 Å². The number of aromatic nitrogens is 4. The van der Waals surface area contributed by atoms with Crippen molar-refractivity contribution in [2.75, 3.05) is 14.2 Å². The highest BCUT2D eigenvalue weighted by atomic mass is 35.5. The molecule has 448 valence electrons. The molecular formula is C72H70ClF4N5O2S3. The van der Waals surface area contributed by atoms with Crippen LogP contribution in [0.3, 0.4) is 0 Å². The lowest BCUT2D eigenvalue weighted by Crippen LogP contribution is -2.04. The number of alkyl halides is 3. The summed E-state index contributed by atoms with van der Waals surface area (Å²) in [6.07, 6.45) is 3.89. The first kappa shape index (κ1) is 64.7. The van der Waals surface area contributed by atoms with Crippen molar-refractivity contribution in [3.63, 3.8) is 0 Å². The Morgan fingerprint density at radius 2 is 0.851 bits per heavy atom. The van der Waals surface area contributed by atoms with Crippen molar-refractivity contribution < 1.29 is 27.0 Å². The molecular weight excluding hydrogens is 1170 g/mol. The minimum Gasteiger partial charge on any atom is -0.497 e. The van der Waals surface area contributed by atoms with Crippen LogP contribution in [0.2, 0.25) is 5.02 Å². The smallest absolute Gasteiger partial charge is 0.416 e. The number of aryl methyl sites for hydroxylation is 12. The molecule has 0 unspecified atom stereocenters. The SMILES string of the molecule is COc1ccc2c(C)cn(C)c2c1.COc1ccc2c(c1)c(C)cn2C.Cc1ccc2scc(C)c2c1.Cc1cn(C)c2cc(C(F)(F)F)ccc12.Cc1cn(C)c2ccc(C#N)cc12.Cc1csc2ccc(Cl)cc12.Cc1csc2ccc(F)cc12. The van der Waals surface area contributed by atoms with Gasteiger partial charge in [0.1, 0.15) is 17.3 Å². The summed E-state index contributed by atoms with van der Waals surface area (Å²) < 4.78 is 72.3. The zero-order valence-electron chi connectivity index (χ0n) is 51.3. The number of hydrogen-bond donors (Lipinski definition) is 0. The highest BCUT2D eigenvalue weighted by Gasteiger charge is 2.30. The molecule has 7 aromatic heterocycles. The van der Waals surface area contributed by atoms with Gasteiger partial charge >= 0.3 is 6.18 Å². The Hall–Kier alpha value is -8.32. The summed E-state index contributed by atoms with van der Waals surface area (Å²) in [4.78, 5) is 0. The lowest BCUT2D eigenvalue weighted by molar-refractivity contribution is -0.137. The van der Waals surface area contributed by atoms with Crippen molar-refractivity contribution in [2.24, 2.45) is 28.2 Å². The van der Waals surface area contributed by atoms with Crippen LogP contribution < -0.4 is 9.47 Å². The van der Waals surface area contributed by atoms with Gasteiger partial charge in [-0.3, -0.25) is 0 Å². The van der Waals surface area contributed by atoms with Gasteiger partial charge in [0.2, 0.25) is 0 Å². The third-order valence-electron chi connectivity index (χ3n) is 15.0. The fraction of sp³-hybridized carbons (Fsp3) is 0.208. The van der Waals surface area contributed by atoms with Crippen LogP contribution in [0, 0.1) is 72.5 Å². The first-order chi connectivity index (χ1) is 41.4. The van der Waals surface area contributed by atoms with Crippen molar-refractivity contribution in [3.05, 3.63) is 235 Å². The van der Waals surface area contributed by atoms with Crippen molar-refractivity contribution in [3.8, 4) is 17.6 Å². The Morgan fingerprint density at radius 3 is 1.38 bits per heavy atom. The number of fused-ring (bicyclic) bond motifs is 7. The average molecular weight is 1250 g/mol. The molecule has 14 rings (SSSR count). The maximum Gasteiger partial charge on any atom is 0.416 e. The molecule has 0 aliphatic heterocycles. The van der Waals surface area contributed by atoms with Crippen molar-refractivity contribution >= 4 is 119 Å². The molecule has 0 atom stereocenters. The third-order valence-corrected chi connectivity index (χ3v) is 18.5. The van der Waals surface area contributed by atoms with Gasteiger partial charge < -0.3 is 27.7 Å². The van der Waals surface area contributed by atoms with Crippen LogP contribution in [0.1, 0.15) is 55.6 Å². The Labute approximate surface area is 523 Å². The van der Waals surface area contributed by atoms with E-state index in [9.17, 15) is 17.6 Å². The van der Waals surface area contributed by atoms with E-state index in [0.29, 0.717) is 5.52 Å². The average Bonchev–Trinajstić information content (AvgIpc) is 2.49. The van der Waals surface area contributed by atoms with Gasteiger partial charge in [-0.1, -0.05) is 35.4 Å². The summed E-state index contributed by atoms with van der Waals surface area (Å²) in [7, 11) is 11.3. The molecule has 7 nitrogen and oxygen atoms in total. The van der Waals surface area contributed by atoms with E-state index < -0.39 is 11.7 Å². The predicted molar refractivity (Wildman–Crippen MR) is 363 cm³/mol. The first-order valence-electron chi connectivity index (χ1n) is 27.9. The van der Waals surface area contributed by atoms with Gasteiger partial charge in [-0.2, -0.15) is 18.4 Å². The second-order valence-electron chi connectivity index (χ2n) is 21.6. The number of halogens is 5. The number of thiophene rings is 3. The molecule has 0 spiro atoms. The molecule has 0 aliphatic carbocycles. The second-order valence-corrected chi connectivity index (χ2v) is 24.7. The Morgan fingerprint density at radius 1 is 0.425 bits per heavy atom. The van der Waals surface area contributed by atoms with Crippen LogP contribution in [0.15, 0.2) is 168 Å². The molecule has 15 heteroatoms. The normalized spacial score (nSPS) is 10.9. The monoisotopic (exact) mass is 1240 g/mol. The Balaban J connectivity index is 0.000000132. The van der Waals surface area contributed by atoms with Gasteiger partial charge in [0.15, 0.2) is 0 Å². The summed E-state index contributed by atoms with van der Waals surface area (Å²) in [6, 6.07) is 41.6. The maximum atomic E-state index is 12.7. The summed E-state index contributed by atoms with van der Waals surface area (Å²) in [5.41, 5.74) is 14.4. The number of benzene rings is 7. The van der Waals surface area contributed by atoms with Crippen LogP contribution in [0.4, 0.5) is 17.6 Å². The fourth-order valence-electron chi connectivity index (χ4n) is 10.3. The summed E-state index contributed by atoms with van der Waals surface area (Å²) in [5, 5.41) is 24.3. The Bertz CT molecular complexity index is 4480. The fourth-order valence-corrected chi connectivity index (χ4v) is 13.3. The lowest BCUT2D eigenvalue weighted by Gasteiger charge is -2.06. The topological polar surface area (TPSA) is 62.0 Å². The molecule has 0 fully saturated rings. The largest absolute Gasteiger partial charge is 0.497 e. The van der Waals surface area contributed by atoms with Gasteiger partial charge in [0.05, 0.1) is 36.9 Å². The van der Waals surface area contributed by atoms with E-state index >= 15 is 0 Å². The molecule has 0 aliphatic rings. The highest BCUT2D eigenvalue weighted by Crippen LogP contribution is 2.34. The van der Waals surface area contributed by atoms with Crippen LogP contribution in [-0.4, -0.2) is 32.5 Å². The number of nitrogens with zero attached hydrogens (tertiary/aromatic N) is 5. The van der Waals surface area contributed by atoms with Gasteiger partial charge in [-0.05, 0) is 230 Å². The first-order valence-corrected chi connectivity index (χ1v) is 30.9. The van der Waals surface area contributed by atoms with Crippen LogP contribution in [0.25, 0.3) is 73.9 Å². The number of ether oxygens (including phenoxy) is 2. The highest BCUT2D eigenvalue weighted by molar-refractivity contribution is 7.18. The molecule has 0 N–H and O–H groups in total. The van der Waals surface area contributed by atoms with Gasteiger partial charge in [0, 0.05) is 116 Å². The number of hydrogen-bond acceptors (Lipinski definition) is 6. The molecule has 0 radical (unpaired) electrons. The van der Waals surface area contributed by atoms with Crippen molar-refractivity contribution in [1.82, 2.24) is 18.3 Å². The number of methoxy groups -OCH3 is 2. The standard InChI is InChI=1S/C11H10F3N.C11H10N2.2C11H13NO.C10H10S.C9H7ClS.C9H7FS/c1-7-6-15(2)10-5-8(11(12,13)14)3-4-9(7)10;1-8-7-13(2)11-4-3-9(6-12)5-10(8)11;1-8-7-12(2)11-5-4-9(13-3)6-10(8)11;1-8-7-12(2)11-6-9(13-3)4-5-10(8)11;1-7-3-4-10-9(5-7)8(2)6-11-10;2*1-6-5-11-9-3-2-7(10)4-8(6)9/h3-6H,1-2H3;3-5,7H,1-2H3;2*4-7H,1-3H3;3-6H,1-2H3;2*2-5H,1H3. The molecule has 0 saturated heterocycles. The van der Waals surface area contributed by atoms with E-state index in [2.05, 4.69) is 153 Å². The third kappa shape index (κ3) is 15.5.